The zero-order valence-corrected chi connectivity index (χ0v) is 22.5. The lowest BCUT2D eigenvalue weighted by molar-refractivity contribution is -0.138. The lowest BCUT2D eigenvalue weighted by Gasteiger charge is -2.20. The van der Waals surface area contributed by atoms with Crippen LogP contribution < -0.4 is 4.72 Å². The van der Waals surface area contributed by atoms with Gasteiger partial charge in [0, 0.05) is 23.0 Å². The first kappa shape index (κ1) is 28.1. The van der Waals surface area contributed by atoms with Crippen LogP contribution in [-0.2, 0) is 27.5 Å². The van der Waals surface area contributed by atoms with E-state index in [1.54, 1.807) is 25.1 Å². The maximum absolute atomic E-state index is 13.5. The third-order valence-corrected chi connectivity index (χ3v) is 7.72. The van der Waals surface area contributed by atoms with E-state index in [1.807, 2.05) is 0 Å². The molecule has 2 heterocycles. The third kappa shape index (κ3) is 6.40. The Morgan fingerprint density at radius 1 is 1.18 bits per heavy atom. The fourth-order valence-corrected chi connectivity index (χ4v) is 5.88. The van der Waals surface area contributed by atoms with Crippen molar-refractivity contribution in [3.05, 3.63) is 69.2 Å². The number of amides is 2. The molecule has 14 heteroatoms. The van der Waals surface area contributed by atoms with Crippen molar-refractivity contribution in [3.8, 4) is 0 Å². The predicted octanol–water partition coefficient (Wildman–Crippen LogP) is 5.12. The standard InChI is InChI=1S/C24H22ClF3N4O4S2/c1-3-18(30-38(2,35)36)13-31-22(33)21(37-23(31)34)9-14-4-7-20-16(8-14)11-29-32(20)12-15-5-6-17(25)10-19(15)24(26,27)28/h4-11,18,30H,3,12-13H2,1-2H3/t18-/m0/s1. The maximum Gasteiger partial charge on any atom is 0.416 e. The summed E-state index contributed by atoms with van der Waals surface area (Å²) in [5, 5.41) is 4.33. The summed E-state index contributed by atoms with van der Waals surface area (Å²) in [5.41, 5.74) is 0.348. The van der Waals surface area contributed by atoms with Gasteiger partial charge in [-0.1, -0.05) is 30.7 Å². The van der Waals surface area contributed by atoms with Crippen molar-refractivity contribution >= 4 is 61.5 Å². The number of nitrogens with one attached hydrogen (secondary N) is 1. The Balaban J connectivity index is 1.55. The Kier molecular flexibility index (Phi) is 7.94. The predicted molar refractivity (Wildman–Crippen MR) is 140 cm³/mol. The summed E-state index contributed by atoms with van der Waals surface area (Å²) in [4.78, 5) is 26.5. The van der Waals surface area contributed by atoms with Crippen LogP contribution in [0.15, 0.2) is 47.5 Å². The van der Waals surface area contributed by atoms with E-state index in [4.69, 9.17) is 11.6 Å². The number of halogens is 4. The van der Waals surface area contributed by atoms with Gasteiger partial charge in [0.1, 0.15) is 0 Å². The molecule has 0 saturated carbocycles. The summed E-state index contributed by atoms with van der Waals surface area (Å²) in [6.07, 6.45) is -0.142. The minimum absolute atomic E-state index is 0.0143. The van der Waals surface area contributed by atoms with Crippen LogP contribution in [-0.4, -0.2) is 53.1 Å². The zero-order valence-electron chi connectivity index (χ0n) is 20.1. The van der Waals surface area contributed by atoms with Gasteiger partial charge in [0.15, 0.2) is 0 Å². The van der Waals surface area contributed by atoms with Gasteiger partial charge >= 0.3 is 6.18 Å². The summed E-state index contributed by atoms with van der Waals surface area (Å²) in [7, 11) is -3.51. The Morgan fingerprint density at radius 2 is 1.92 bits per heavy atom. The van der Waals surface area contributed by atoms with Gasteiger partial charge in [-0.15, -0.1) is 0 Å². The van der Waals surface area contributed by atoms with Crippen LogP contribution in [0.4, 0.5) is 18.0 Å². The van der Waals surface area contributed by atoms with Crippen molar-refractivity contribution in [3.63, 3.8) is 0 Å². The molecular formula is C24H22ClF3N4O4S2. The molecule has 4 rings (SSSR count). The van der Waals surface area contributed by atoms with Gasteiger partial charge < -0.3 is 0 Å². The number of carbonyl (C=O) groups is 2. The summed E-state index contributed by atoms with van der Waals surface area (Å²) >= 11 is 6.52. The Morgan fingerprint density at radius 3 is 2.58 bits per heavy atom. The molecule has 0 unspecified atom stereocenters. The van der Waals surface area contributed by atoms with Gasteiger partial charge in [0.25, 0.3) is 11.1 Å². The first-order valence-corrected chi connectivity index (χ1v) is 14.4. The van der Waals surface area contributed by atoms with Crippen molar-refractivity contribution in [1.29, 1.82) is 0 Å². The van der Waals surface area contributed by atoms with Gasteiger partial charge in [0.05, 0.1) is 35.0 Å². The van der Waals surface area contributed by atoms with Crippen molar-refractivity contribution in [2.45, 2.75) is 32.1 Å². The smallest absolute Gasteiger partial charge is 0.268 e. The number of fused-ring (bicyclic) bond motifs is 1. The second-order valence-corrected chi connectivity index (χ2v) is 11.9. The van der Waals surface area contributed by atoms with E-state index in [9.17, 15) is 31.2 Å². The molecule has 1 N–H and O–H groups in total. The molecule has 8 nitrogen and oxygen atoms in total. The second kappa shape index (κ2) is 10.7. The van der Waals surface area contributed by atoms with Crippen LogP contribution in [0.2, 0.25) is 5.02 Å². The van der Waals surface area contributed by atoms with E-state index < -0.39 is 39.0 Å². The van der Waals surface area contributed by atoms with Gasteiger partial charge in [0.2, 0.25) is 10.0 Å². The van der Waals surface area contributed by atoms with E-state index in [1.165, 1.54) is 29.1 Å². The van der Waals surface area contributed by atoms with Crippen molar-refractivity contribution < 1.29 is 31.2 Å². The highest BCUT2D eigenvalue weighted by molar-refractivity contribution is 8.18. The molecule has 38 heavy (non-hydrogen) atoms. The molecule has 1 aliphatic rings. The maximum atomic E-state index is 13.5. The van der Waals surface area contributed by atoms with Gasteiger partial charge in [-0.25, -0.2) is 13.1 Å². The molecule has 1 aliphatic heterocycles. The molecule has 2 amide bonds. The fourth-order valence-electron chi connectivity index (χ4n) is 4.01. The van der Waals surface area contributed by atoms with Crippen molar-refractivity contribution in [2.24, 2.45) is 0 Å². The van der Waals surface area contributed by atoms with Crippen molar-refractivity contribution in [1.82, 2.24) is 19.4 Å². The molecular weight excluding hydrogens is 565 g/mol. The molecule has 1 aromatic heterocycles. The van der Waals surface area contributed by atoms with Gasteiger partial charge in [-0.05, 0) is 59.7 Å². The Labute approximate surface area is 225 Å². The SMILES string of the molecule is CC[C@@H](CN1C(=O)SC(=Cc2ccc3c(cnn3Cc3ccc(Cl)cc3C(F)(F)F)c2)C1=O)NS(C)(=O)=O. The molecule has 3 aromatic rings. The molecule has 202 valence electrons. The normalized spacial score (nSPS) is 16.7. The number of hydrogen-bond donors (Lipinski definition) is 1. The number of alkyl halides is 3. The number of thioether (sulfide) groups is 1. The molecule has 0 spiro atoms. The number of rotatable bonds is 8. The fraction of sp³-hybridized carbons (Fsp3) is 0.292. The van der Waals surface area contributed by atoms with Crippen LogP contribution in [0, 0.1) is 0 Å². The van der Waals surface area contributed by atoms with Crippen LogP contribution in [0.25, 0.3) is 17.0 Å². The largest absolute Gasteiger partial charge is 0.416 e. The third-order valence-electron chi connectivity index (χ3n) is 5.81. The second-order valence-electron chi connectivity index (χ2n) is 8.71. The Bertz CT molecular complexity index is 1550. The minimum Gasteiger partial charge on any atom is -0.268 e. The molecule has 1 saturated heterocycles. The first-order valence-electron chi connectivity index (χ1n) is 11.3. The van der Waals surface area contributed by atoms with E-state index in [-0.39, 0.29) is 28.6 Å². The van der Waals surface area contributed by atoms with E-state index in [2.05, 4.69) is 9.82 Å². The number of benzene rings is 2. The molecule has 0 bridgehead atoms. The lowest BCUT2D eigenvalue weighted by atomic mass is 10.1. The Hall–Kier alpha value is -2.87. The van der Waals surface area contributed by atoms with Gasteiger partial charge in [-0.3, -0.25) is 19.2 Å². The summed E-state index contributed by atoms with van der Waals surface area (Å²) in [6, 6.07) is 8.03. The molecule has 1 fully saturated rings. The highest BCUT2D eigenvalue weighted by Gasteiger charge is 2.37. The van der Waals surface area contributed by atoms with Crippen molar-refractivity contribution in [2.75, 3.05) is 12.8 Å². The molecule has 1 atom stereocenters. The number of carbonyl (C=O) groups excluding carboxylic acids is 2. The van der Waals surface area contributed by atoms with Gasteiger partial charge in [-0.2, -0.15) is 18.3 Å². The number of sulfonamides is 1. The minimum atomic E-state index is -4.57. The molecule has 2 aromatic carbocycles. The number of aromatic nitrogens is 2. The summed E-state index contributed by atoms with van der Waals surface area (Å²) in [5.74, 6) is -0.535. The van der Waals surface area contributed by atoms with E-state index >= 15 is 0 Å². The number of nitrogens with zero attached hydrogens (tertiary/aromatic N) is 3. The highest BCUT2D eigenvalue weighted by atomic mass is 35.5. The van der Waals surface area contributed by atoms with Crippen LogP contribution in [0.5, 0.6) is 0 Å². The monoisotopic (exact) mass is 586 g/mol. The number of imide groups is 1. The molecule has 0 aliphatic carbocycles. The first-order chi connectivity index (χ1) is 17.7. The molecule has 0 radical (unpaired) electrons. The quantitative estimate of drug-likeness (QED) is 0.368. The average Bonchev–Trinajstić information content (AvgIpc) is 3.33. The van der Waals surface area contributed by atoms with Crippen LogP contribution in [0.1, 0.15) is 30.0 Å². The summed E-state index contributed by atoms with van der Waals surface area (Å²) in [6.45, 7) is 1.51. The van der Waals surface area contributed by atoms with Crippen LogP contribution in [0.3, 0.4) is 0 Å². The van der Waals surface area contributed by atoms with E-state index in [0.717, 1.165) is 29.0 Å². The average molecular weight is 587 g/mol. The number of hydrogen-bond acceptors (Lipinski definition) is 6. The lowest BCUT2D eigenvalue weighted by Crippen LogP contribution is -2.44. The zero-order chi connectivity index (χ0) is 27.8. The highest BCUT2D eigenvalue weighted by Crippen LogP contribution is 2.35. The topological polar surface area (TPSA) is 101 Å². The van der Waals surface area contributed by atoms with Crippen LogP contribution >= 0.6 is 23.4 Å². The summed E-state index contributed by atoms with van der Waals surface area (Å²) < 4.78 is 67.4. The van der Waals surface area contributed by atoms with E-state index in [0.29, 0.717) is 22.9 Å².